The molecule has 1 saturated carbocycles. The van der Waals surface area contributed by atoms with E-state index in [1.54, 1.807) is 28.8 Å². The predicted molar refractivity (Wildman–Crippen MR) is 106 cm³/mol. The minimum atomic E-state index is -0.508. The van der Waals surface area contributed by atoms with Gasteiger partial charge in [-0.25, -0.2) is 4.52 Å². The lowest BCUT2D eigenvalue weighted by Gasteiger charge is -2.09. The van der Waals surface area contributed by atoms with E-state index in [1.165, 1.54) is 6.20 Å². The van der Waals surface area contributed by atoms with Crippen LogP contribution in [0.15, 0.2) is 47.7 Å². The van der Waals surface area contributed by atoms with Crippen molar-refractivity contribution in [3.05, 3.63) is 58.8 Å². The number of carbonyl (C=O) groups is 3. The number of rotatable bonds is 5. The zero-order valence-electron chi connectivity index (χ0n) is 15.6. The van der Waals surface area contributed by atoms with Gasteiger partial charge in [0, 0.05) is 22.8 Å². The molecule has 8 nitrogen and oxygen atoms in total. The Kier molecular flexibility index (Phi) is 3.87. The summed E-state index contributed by atoms with van der Waals surface area (Å²) in [6.07, 6.45) is 8.03. The number of amides is 2. The normalized spacial score (nSPS) is 16.6. The van der Waals surface area contributed by atoms with E-state index in [9.17, 15) is 14.4 Å². The molecule has 0 atom stereocenters. The molecule has 3 aromatic rings. The molecule has 2 aliphatic carbocycles. The van der Waals surface area contributed by atoms with Crippen molar-refractivity contribution in [1.82, 2.24) is 19.9 Å². The number of allylic oxidation sites excluding steroid dienone is 3. The van der Waals surface area contributed by atoms with Crippen LogP contribution < -0.4 is 11.1 Å². The number of Topliss-reactive ketones (excluding diaryl/α,β-unsaturated/α-hetero) is 1. The minimum absolute atomic E-state index is 0.108. The van der Waals surface area contributed by atoms with Crippen LogP contribution in [0.5, 0.6) is 0 Å². The summed E-state index contributed by atoms with van der Waals surface area (Å²) in [5, 5.41) is 7.31. The van der Waals surface area contributed by atoms with Crippen LogP contribution in [0.2, 0.25) is 0 Å². The molecule has 146 valence electrons. The van der Waals surface area contributed by atoms with Crippen molar-refractivity contribution in [2.45, 2.75) is 31.7 Å². The number of primary amides is 1. The van der Waals surface area contributed by atoms with Crippen molar-refractivity contribution in [1.29, 1.82) is 0 Å². The summed E-state index contributed by atoms with van der Waals surface area (Å²) in [6, 6.07) is 5.61. The molecule has 5 rings (SSSR count). The minimum Gasteiger partial charge on any atom is -0.366 e. The monoisotopic (exact) mass is 389 g/mol. The lowest BCUT2D eigenvalue weighted by molar-refractivity contribution is -0.114. The molecule has 2 aromatic heterocycles. The Labute approximate surface area is 165 Å². The molecular formula is C21H19N5O3. The third-order valence-electron chi connectivity index (χ3n) is 5.35. The van der Waals surface area contributed by atoms with Gasteiger partial charge < -0.3 is 16.0 Å². The number of aromatic amines is 1. The van der Waals surface area contributed by atoms with Crippen LogP contribution in [0, 0.1) is 0 Å². The second kappa shape index (κ2) is 6.44. The maximum absolute atomic E-state index is 13.0. The smallest absolute Gasteiger partial charge is 0.251 e. The standard InChI is InChI=1S/C21H19N5O3/c22-19(28)12-3-1-2-11(8-12)18(27)15-10-23-26-17-9-13(21(29)24-14-5-6-14)4-7-16(17)25-20(15)26/h2,4,7-10,14,25H,1,3,5-6H2,(H2,22,28)(H,24,29). The molecule has 0 radical (unpaired) electrons. The first-order valence-electron chi connectivity index (χ1n) is 9.57. The third-order valence-corrected chi connectivity index (χ3v) is 5.35. The van der Waals surface area contributed by atoms with E-state index in [1.807, 2.05) is 6.07 Å². The molecule has 1 fully saturated rings. The quantitative estimate of drug-likeness (QED) is 0.578. The summed E-state index contributed by atoms with van der Waals surface area (Å²) in [5.74, 6) is -0.841. The molecule has 2 heterocycles. The van der Waals surface area contributed by atoms with E-state index in [-0.39, 0.29) is 17.7 Å². The van der Waals surface area contributed by atoms with E-state index in [2.05, 4.69) is 15.4 Å². The number of hydrogen-bond donors (Lipinski definition) is 3. The van der Waals surface area contributed by atoms with Gasteiger partial charge in [-0.3, -0.25) is 14.4 Å². The second-order valence-electron chi connectivity index (χ2n) is 7.48. The van der Waals surface area contributed by atoms with Crippen molar-refractivity contribution >= 4 is 34.3 Å². The fraction of sp³-hybridized carbons (Fsp3) is 0.238. The molecule has 4 N–H and O–H groups in total. The number of benzene rings is 1. The molecule has 0 spiro atoms. The zero-order valence-corrected chi connectivity index (χ0v) is 15.6. The Balaban J connectivity index is 1.52. The maximum atomic E-state index is 13.0. The molecule has 0 unspecified atom stereocenters. The lowest BCUT2D eigenvalue weighted by atomic mass is 9.94. The number of aromatic nitrogens is 3. The van der Waals surface area contributed by atoms with Crippen LogP contribution in [0.25, 0.3) is 16.7 Å². The second-order valence-corrected chi connectivity index (χ2v) is 7.48. The summed E-state index contributed by atoms with van der Waals surface area (Å²) in [4.78, 5) is 40.0. The first kappa shape index (κ1) is 17.4. The van der Waals surface area contributed by atoms with Crippen LogP contribution in [0.4, 0.5) is 0 Å². The predicted octanol–water partition coefficient (Wildman–Crippen LogP) is 2.02. The third kappa shape index (κ3) is 3.02. The number of nitrogens with two attached hydrogens (primary N) is 1. The van der Waals surface area contributed by atoms with Gasteiger partial charge in [-0.05, 0) is 50.0 Å². The Bertz CT molecular complexity index is 1260. The zero-order chi connectivity index (χ0) is 20.1. The van der Waals surface area contributed by atoms with Crippen LogP contribution in [0.1, 0.15) is 46.4 Å². The number of nitrogens with zero attached hydrogens (tertiary/aromatic N) is 2. The highest BCUT2D eigenvalue weighted by atomic mass is 16.2. The van der Waals surface area contributed by atoms with E-state index >= 15 is 0 Å². The largest absolute Gasteiger partial charge is 0.366 e. The molecule has 0 bridgehead atoms. The SMILES string of the molecule is NC(=O)C1=CC(C(=O)c2cnn3c2[nH]c2ccc(C(=O)NC4CC4)cc23)=CCC1. The van der Waals surface area contributed by atoms with Gasteiger partial charge in [-0.2, -0.15) is 5.10 Å². The number of H-pyrrole nitrogens is 1. The summed E-state index contributed by atoms with van der Waals surface area (Å²) in [5.41, 5.74) is 9.23. The molecule has 29 heavy (non-hydrogen) atoms. The summed E-state index contributed by atoms with van der Waals surface area (Å²) in [7, 11) is 0. The topological polar surface area (TPSA) is 122 Å². The number of ketones is 1. The van der Waals surface area contributed by atoms with E-state index in [4.69, 9.17) is 5.73 Å². The molecule has 2 amide bonds. The Hall–Kier alpha value is -3.68. The highest BCUT2D eigenvalue weighted by molar-refractivity contribution is 6.15. The average Bonchev–Trinajstić information content (AvgIpc) is 3.33. The first-order valence-corrected chi connectivity index (χ1v) is 9.57. The molecule has 0 saturated heterocycles. The Morgan fingerprint density at radius 2 is 2.07 bits per heavy atom. The van der Waals surface area contributed by atoms with Gasteiger partial charge in [0.05, 0.1) is 22.8 Å². The first-order chi connectivity index (χ1) is 14.0. The van der Waals surface area contributed by atoms with E-state index < -0.39 is 5.91 Å². The summed E-state index contributed by atoms with van der Waals surface area (Å²) >= 11 is 0. The van der Waals surface area contributed by atoms with Crippen molar-refractivity contribution in [2.24, 2.45) is 5.73 Å². The fourth-order valence-corrected chi connectivity index (χ4v) is 3.61. The highest BCUT2D eigenvalue weighted by Crippen LogP contribution is 2.25. The Morgan fingerprint density at radius 1 is 1.24 bits per heavy atom. The molecular weight excluding hydrogens is 370 g/mol. The van der Waals surface area contributed by atoms with Crippen LogP contribution in [0.3, 0.4) is 0 Å². The fourth-order valence-electron chi connectivity index (χ4n) is 3.61. The highest BCUT2D eigenvalue weighted by Gasteiger charge is 2.25. The summed E-state index contributed by atoms with van der Waals surface area (Å²) < 4.78 is 1.62. The van der Waals surface area contributed by atoms with Gasteiger partial charge in [-0.15, -0.1) is 0 Å². The van der Waals surface area contributed by atoms with Gasteiger partial charge in [0.2, 0.25) is 5.91 Å². The Morgan fingerprint density at radius 3 is 2.83 bits per heavy atom. The number of hydrogen-bond acceptors (Lipinski definition) is 4. The molecule has 0 aliphatic heterocycles. The number of imidazole rings is 1. The van der Waals surface area contributed by atoms with E-state index in [0.29, 0.717) is 46.3 Å². The van der Waals surface area contributed by atoms with Crippen molar-refractivity contribution in [3.8, 4) is 0 Å². The van der Waals surface area contributed by atoms with Gasteiger partial charge in [0.15, 0.2) is 5.78 Å². The lowest BCUT2D eigenvalue weighted by Crippen LogP contribution is -2.25. The maximum Gasteiger partial charge on any atom is 0.251 e. The average molecular weight is 389 g/mol. The number of carbonyl (C=O) groups excluding carboxylic acids is 3. The van der Waals surface area contributed by atoms with Gasteiger partial charge in [0.25, 0.3) is 5.91 Å². The van der Waals surface area contributed by atoms with Gasteiger partial charge in [0.1, 0.15) is 5.65 Å². The van der Waals surface area contributed by atoms with Crippen molar-refractivity contribution in [3.63, 3.8) is 0 Å². The number of nitrogens with one attached hydrogen (secondary N) is 2. The van der Waals surface area contributed by atoms with Gasteiger partial charge >= 0.3 is 0 Å². The van der Waals surface area contributed by atoms with Crippen LogP contribution in [-0.4, -0.2) is 38.2 Å². The van der Waals surface area contributed by atoms with Crippen molar-refractivity contribution in [2.75, 3.05) is 0 Å². The summed E-state index contributed by atoms with van der Waals surface area (Å²) in [6.45, 7) is 0. The van der Waals surface area contributed by atoms with Crippen LogP contribution >= 0.6 is 0 Å². The molecule has 2 aliphatic rings. The van der Waals surface area contributed by atoms with Gasteiger partial charge in [-0.1, -0.05) is 6.08 Å². The number of fused-ring (bicyclic) bond motifs is 3. The van der Waals surface area contributed by atoms with E-state index in [0.717, 1.165) is 18.4 Å². The molecule has 8 heteroatoms. The van der Waals surface area contributed by atoms with Crippen LogP contribution in [-0.2, 0) is 4.79 Å². The molecule has 1 aromatic carbocycles. The van der Waals surface area contributed by atoms with Crippen molar-refractivity contribution < 1.29 is 14.4 Å².